The Kier molecular flexibility index (Phi) is 13.8. The summed E-state index contributed by atoms with van der Waals surface area (Å²) in [6.45, 7) is 9.18. The van der Waals surface area contributed by atoms with Gasteiger partial charge in [-0.15, -0.1) is 0 Å². The standard InChI is InChI=1S/C13H29NO3/c1-4-5-7-14-12-13(2)17-9-6-8-16-11-10-15-3/h13-14H,4-12H2,1-3H3. The first kappa shape index (κ1) is 16.8. The van der Waals surface area contributed by atoms with Crippen molar-refractivity contribution in [3.63, 3.8) is 0 Å². The average molecular weight is 247 g/mol. The second kappa shape index (κ2) is 13.9. The maximum Gasteiger partial charge on any atom is 0.0700 e. The molecule has 0 aromatic carbocycles. The number of hydrogen-bond acceptors (Lipinski definition) is 4. The molecule has 0 amide bonds. The van der Waals surface area contributed by atoms with E-state index in [1.807, 2.05) is 0 Å². The Balaban J connectivity index is 3.08. The van der Waals surface area contributed by atoms with Crippen LogP contribution in [0.15, 0.2) is 0 Å². The summed E-state index contributed by atoms with van der Waals surface area (Å²) < 4.78 is 15.9. The van der Waals surface area contributed by atoms with Gasteiger partial charge in [0, 0.05) is 26.9 Å². The first-order valence-electron chi connectivity index (χ1n) is 6.70. The zero-order valence-electron chi connectivity index (χ0n) is 11.7. The first-order valence-corrected chi connectivity index (χ1v) is 6.70. The largest absolute Gasteiger partial charge is 0.382 e. The number of nitrogens with one attached hydrogen (secondary N) is 1. The van der Waals surface area contributed by atoms with Crippen molar-refractivity contribution in [1.29, 1.82) is 0 Å². The molecule has 0 spiro atoms. The van der Waals surface area contributed by atoms with Crippen molar-refractivity contribution in [1.82, 2.24) is 5.32 Å². The van der Waals surface area contributed by atoms with Crippen LogP contribution < -0.4 is 5.32 Å². The van der Waals surface area contributed by atoms with Crippen LogP contribution in [0.4, 0.5) is 0 Å². The zero-order valence-corrected chi connectivity index (χ0v) is 11.7. The molecule has 0 heterocycles. The quantitative estimate of drug-likeness (QED) is 0.504. The molecule has 1 unspecified atom stereocenters. The lowest BCUT2D eigenvalue weighted by Gasteiger charge is -2.13. The molecule has 0 aromatic heterocycles. The van der Waals surface area contributed by atoms with E-state index in [1.165, 1.54) is 12.8 Å². The molecule has 1 N–H and O–H groups in total. The van der Waals surface area contributed by atoms with Gasteiger partial charge < -0.3 is 19.5 Å². The summed E-state index contributed by atoms with van der Waals surface area (Å²) >= 11 is 0. The van der Waals surface area contributed by atoms with Gasteiger partial charge in [0.1, 0.15) is 0 Å². The third-order valence-corrected chi connectivity index (χ3v) is 2.41. The summed E-state index contributed by atoms with van der Waals surface area (Å²) in [4.78, 5) is 0. The summed E-state index contributed by atoms with van der Waals surface area (Å²) in [5.74, 6) is 0. The van der Waals surface area contributed by atoms with E-state index >= 15 is 0 Å². The van der Waals surface area contributed by atoms with Crippen molar-refractivity contribution >= 4 is 0 Å². The Morgan fingerprint density at radius 3 is 2.59 bits per heavy atom. The molecule has 4 heteroatoms. The summed E-state index contributed by atoms with van der Waals surface area (Å²) in [5, 5.41) is 3.38. The smallest absolute Gasteiger partial charge is 0.0700 e. The highest BCUT2D eigenvalue weighted by Crippen LogP contribution is 1.93. The number of hydrogen-bond donors (Lipinski definition) is 1. The maximum absolute atomic E-state index is 5.65. The van der Waals surface area contributed by atoms with Crippen molar-refractivity contribution < 1.29 is 14.2 Å². The lowest BCUT2D eigenvalue weighted by molar-refractivity contribution is 0.0304. The van der Waals surface area contributed by atoms with Crippen LogP contribution in [-0.4, -0.2) is 52.7 Å². The monoisotopic (exact) mass is 247 g/mol. The van der Waals surface area contributed by atoms with Crippen LogP contribution in [-0.2, 0) is 14.2 Å². The topological polar surface area (TPSA) is 39.7 Å². The molecular formula is C13H29NO3. The van der Waals surface area contributed by atoms with E-state index in [-0.39, 0.29) is 6.10 Å². The third-order valence-electron chi connectivity index (χ3n) is 2.41. The molecule has 4 nitrogen and oxygen atoms in total. The fraction of sp³-hybridized carbons (Fsp3) is 1.00. The predicted molar refractivity (Wildman–Crippen MR) is 70.5 cm³/mol. The van der Waals surface area contributed by atoms with Gasteiger partial charge in [0.2, 0.25) is 0 Å². The second-order valence-corrected chi connectivity index (χ2v) is 4.20. The van der Waals surface area contributed by atoms with Gasteiger partial charge in [-0.2, -0.15) is 0 Å². The highest BCUT2D eigenvalue weighted by atomic mass is 16.5. The van der Waals surface area contributed by atoms with E-state index in [0.29, 0.717) is 13.2 Å². The highest BCUT2D eigenvalue weighted by molar-refractivity contribution is 4.55. The third kappa shape index (κ3) is 13.8. The van der Waals surface area contributed by atoms with Gasteiger partial charge in [0.05, 0.1) is 19.3 Å². The van der Waals surface area contributed by atoms with Crippen molar-refractivity contribution in [2.45, 2.75) is 39.2 Å². The fourth-order valence-electron chi connectivity index (χ4n) is 1.36. The average Bonchev–Trinajstić information content (AvgIpc) is 2.33. The van der Waals surface area contributed by atoms with E-state index in [4.69, 9.17) is 14.2 Å². The van der Waals surface area contributed by atoms with E-state index in [9.17, 15) is 0 Å². The normalized spacial score (nSPS) is 12.9. The number of unbranched alkanes of at least 4 members (excludes halogenated alkanes) is 1. The van der Waals surface area contributed by atoms with Gasteiger partial charge in [-0.1, -0.05) is 13.3 Å². The SMILES string of the molecule is CCCCNCC(C)OCCCOCCOC. The predicted octanol–water partition coefficient (Wildman–Crippen LogP) is 1.83. The molecule has 17 heavy (non-hydrogen) atoms. The van der Waals surface area contributed by atoms with E-state index < -0.39 is 0 Å². The van der Waals surface area contributed by atoms with E-state index in [1.54, 1.807) is 7.11 Å². The van der Waals surface area contributed by atoms with Crippen molar-refractivity contribution in [2.75, 3.05) is 46.6 Å². The minimum Gasteiger partial charge on any atom is -0.382 e. The molecule has 0 saturated carbocycles. The molecule has 0 rings (SSSR count). The summed E-state index contributed by atoms with van der Waals surface area (Å²) in [6, 6.07) is 0. The van der Waals surface area contributed by atoms with E-state index in [2.05, 4.69) is 19.2 Å². The number of rotatable bonds is 13. The molecule has 0 radical (unpaired) electrons. The lowest BCUT2D eigenvalue weighted by Crippen LogP contribution is -2.28. The van der Waals surface area contributed by atoms with Gasteiger partial charge in [-0.3, -0.25) is 0 Å². The van der Waals surface area contributed by atoms with Gasteiger partial charge >= 0.3 is 0 Å². The molecule has 1 atom stereocenters. The molecule has 104 valence electrons. The summed E-state index contributed by atoms with van der Waals surface area (Å²) in [6.07, 6.45) is 3.70. The minimum atomic E-state index is 0.283. The lowest BCUT2D eigenvalue weighted by atomic mass is 10.3. The van der Waals surface area contributed by atoms with Crippen molar-refractivity contribution in [2.24, 2.45) is 0 Å². The Hall–Kier alpha value is -0.160. The molecule has 0 bridgehead atoms. The molecule has 0 aliphatic carbocycles. The Morgan fingerprint density at radius 1 is 1.06 bits per heavy atom. The maximum atomic E-state index is 5.65. The van der Waals surface area contributed by atoms with Crippen LogP contribution in [0.2, 0.25) is 0 Å². The van der Waals surface area contributed by atoms with Crippen LogP contribution in [0, 0.1) is 0 Å². The fourth-order valence-corrected chi connectivity index (χ4v) is 1.36. The second-order valence-electron chi connectivity index (χ2n) is 4.20. The van der Waals surface area contributed by atoms with Crippen LogP contribution in [0.3, 0.4) is 0 Å². The van der Waals surface area contributed by atoms with Crippen molar-refractivity contribution in [3.05, 3.63) is 0 Å². The van der Waals surface area contributed by atoms with Gasteiger partial charge in [0.15, 0.2) is 0 Å². The highest BCUT2D eigenvalue weighted by Gasteiger charge is 2.00. The summed E-state index contributed by atoms with van der Waals surface area (Å²) in [7, 11) is 1.68. The van der Waals surface area contributed by atoms with Crippen LogP contribution in [0.5, 0.6) is 0 Å². The number of methoxy groups -OCH3 is 1. The minimum absolute atomic E-state index is 0.283. The number of ether oxygens (including phenoxy) is 3. The molecule has 0 saturated heterocycles. The first-order chi connectivity index (χ1) is 8.31. The molecule has 0 fully saturated rings. The van der Waals surface area contributed by atoms with E-state index in [0.717, 1.165) is 32.7 Å². The molecule has 0 aromatic rings. The van der Waals surface area contributed by atoms with Crippen LogP contribution >= 0.6 is 0 Å². The van der Waals surface area contributed by atoms with Crippen LogP contribution in [0.1, 0.15) is 33.1 Å². The van der Waals surface area contributed by atoms with Gasteiger partial charge in [0.25, 0.3) is 0 Å². The molecule has 0 aliphatic rings. The Bertz CT molecular complexity index is 145. The Labute approximate surface area is 106 Å². The summed E-state index contributed by atoms with van der Waals surface area (Å²) in [5.41, 5.74) is 0. The molecule has 0 aliphatic heterocycles. The van der Waals surface area contributed by atoms with Crippen molar-refractivity contribution in [3.8, 4) is 0 Å². The van der Waals surface area contributed by atoms with Gasteiger partial charge in [-0.25, -0.2) is 0 Å². The van der Waals surface area contributed by atoms with Crippen LogP contribution in [0.25, 0.3) is 0 Å². The van der Waals surface area contributed by atoms with Gasteiger partial charge in [-0.05, 0) is 26.3 Å². The molecular weight excluding hydrogens is 218 g/mol. The Morgan fingerprint density at radius 2 is 1.88 bits per heavy atom. The zero-order chi connectivity index (χ0) is 12.8.